The van der Waals surface area contributed by atoms with Gasteiger partial charge in [0.2, 0.25) is 5.91 Å². The minimum absolute atomic E-state index is 0.0136. The van der Waals surface area contributed by atoms with Gasteiger partial charge in [0.25, 0.3) is 11.1 Å². The molecule has 0 aliphatic carbocycles. The molecule has 0 spiro atoms. The number of rotatable bonds is 9. The van der Waals surface area contributed by atoms with E-state index in [1.165, 1.54) is 39.9 Å². The lowest BCUT2D eigenvalue weighted by Gasteiger charge is -2.46. The standard InChI is InChI=1S/C41H45FN8O5/c1-7-35(52)45-32-18-27(8-9-34(32)49-15-14-48(19-24(49)2)28-22-55-23-28)44-37-40(54)47(6)20-33(46-37)29-10-12-43-38(30(29)21-51)50-13-11-25-16-26(41(3,4)5)17-31(42)36(25)39(50)53/h7-13,16-18,20,24,28,51H,1,14-15,19,21-23H2,2-6H3,(H,44,46)(H,45,52)/t24-/m0/s1. The summed E-state index contributed by atoms with van der Waals surface area (Å²) in [5, 5.41) is 17.1. The van der Waals surface area contributed by atoms with E-state index in [9.17, 15) is 19.5 Å². The number of piperazine rings is 1. The molecule has 5 aromatic rings. The van der Waals surface area contributed by atoms with Crippen LogP contribution >= 0.6 is 0 Å². The van der Waals surface area contributed by atoms with E-state index in [0.29, 0.717) is 34.1 Å². The number of aryl methyl sites for hydroxylation is 1. The first-order valence-corrected chi connectivity index (χ1v) is 18.2. The predicted molar refractivity (Wildman–Crippen MR) is 212 cm³/mol. The van der Waals surface area contributed by atoms with Gasteiger partial charge in [0.1, 0.15) is 11.6 Å². The molecular weight excluding hydrogens is 704 g/mol. The van der Waals surface area contributed by atoms with Crippen molar-refractivity contribution in [1.82, 2.24) is 24.0 Å². The number of hydrogen-bond acceptors (Lipinski definition) is 10. The highest BCUT2D eigenvalue weighted by atomic mass is 19.1. The number of fused-ring (bicyclic) bond motifs is 1. The largest absolute Gasteiger partial charge is 0.392 e. The van der Waals surface area contributed by atoms with Crippen LogP contribution in [0.3, 0.4) is 0 Å². The first-order chi connectivity index (χ1) is 26.3. The fourth-order valence-corrected chi connectivity index (χ4v) is 7.22. The summed E-state index contributed by atoms with van der Waals surface area (Å²) in [6.07, 6.45) is 5.71. The lowest BCUT2D eigenvalue weighted by molar-refractivity contribution is -0.111. The number of nitrogens with zero attached hydrogens (tertiary/aromatic N) is 6. The van der Waals surface area contributed by atoms with Crippen LogP contribution in [-0.4, -0.2) is 79.9 Å². The predicted octanol–water partition coefficient (Wildman–Crippen LogP) is 4.85. The first-order valence-electron chi connectivity index (χ1n) is 18.2. The lowest BCUT2D eigenvalue weighted by atomic mass is 9.86. The second-order valence-electron chi connectivity index (χ2n) is 15.2. The van der Waals surface area contributed by atoms with E-state index < -0.39 is 23.5 Å². The SMILES string of the molecule is C=CC(=O)Nc1cc(Nc2nc(-c3ccnc(-n4ccc5cc(C(C)(C)C)cc(F)c5c4=O)c3CO)cn(C)c2=O)ccc1N1CCN(C2COC2)C[C@@H]1C. The number of nitrogens with one attached hydrogen (secondary N) is 2. The molecule has 7 rings (SSSR count). The first kappa shape index (κ1) is 37.6. The van der Waals surface area contributed by atoms with E-state index in [1.807, 2.05) is 32.9 Å². The maximum absolute atomic E-state index is 15.5. The highest BCUT2D eigenvalue weighted by Gasteiger charge is 2.33. The van der Waals surface area contributed by atoms with Crippen molar-refractivity contribution >= 4 is 39.6 Å². The summed E-state index contributed by atoms with van der Waals surface area (Å²) in [4.78, 5) is 53.6. The molecule has 14 heteroatoms. The molecule has 0 bridgehead atoms. The van der Waals surface area contributed by atoms with Crippen molar-refractivity contribution in [1.29, 1.82) is 0 Å². The van der Waals surface area contributed by atoms with Crippen LogP contribution < -0.4 is 26.7 Å². The summed E-state index contributed by atoms with van der Waals surface area (Å²) in [5.74, 6) is -0.929. The van der Waals surface area contributed by atoms with Gasteiger partial charge in [-0.1, -0.05) is 33.4 Å². The van der Waals surface area contributed by atoms with Gasteiger partial charge in [-0.3, -0.25) is 23.9 Å². The Hall–Kier alpha value is -5.70. The minimum atomic E-state index is -0.643. The van der Waals surface area contributed by atoms with Gasteiger partial charge in [-0.15, -0.1) is 0 Å². The van der Waals surface area contributed by atoms with Crippen molar-refractivity contribution in [2.75, 3.05) is 48.4 Å². The fraction of sp³-hybridized carbons (Fsp3) is 0.341. The van der Waals surface area contributed by atoms with Gasteiger partial charge in [0.15, 0.2) is 5.82 Å². The van der Waals surface area contributed by atoms with Crippen molar-refractivity contribution in [3.8, 4) is 17.1 Å². The molecule has 0 radical (unpaired) electrons. The zero-order valence-electron chi connectivity index (χ0n) is 31.6. The van der Waals surface area contributed by atoms with Crippen LogP contribution in [0.5, 0.6) is 0 Å². The number of amides is 1. The maximum atomic E-state index is 15.5. The van der Waals surface area contributed by atoms with E-state index in [4.69, 9.17) is 4.74 Å². The van der Waals surface area contributed by atoms with Crippen LogP contribution in [0.15, 0.2) is 83.3 Å². The second-order valence-corrected chi connectivity index (χ2v) is 15.2. The third kappa shape index (κ3) is 7.27. The number of pyridine rings is 2. The monoisotopic (exact) mass is 748 g/mol. The molecule has 2 fully saturated rings. The van der Waals surface area contributed by atoms with Crippen molar-refractivity contribution < 1.29 is 19.0 Å². The van der Waals surface area contributed by atoms with E-state index in [2.05, 4.69) is 43.9 Å². The van der Waals surface area contributed by atoms with Crippen molar-refractivity contribution in [3.05, 3.63) is 111 Å². The Morgan fingerprint density at radius 2 is 1.89 bits per heavy atom. The Bertz CT molecular complexity index is 2430. The zero-order chi connectivity index (χ0) is 39.2. The average molecular weight is 749 g/mol. The normalized spacial score (nSPS) is 16.6. The number of ether oxygens (including phenoxy) is 1. The molecule has 3 N–H and O–H groups in total. The Morgan fingerprint density at radius 3 is 2.56 bits per heavy atom. The van der Waals surface area contributed by atoms with Gasteiger partial charge in [-0.25, -0.2) is 14.4 Å². The van der Waals surface area contributed by atoms with Gasteiger partial charge >= 0.3 is 0 Å². The molecule has 1 atom stereocenters. The number of anilines is 4. The van der Waals surface area contributed by atoms with Gasteiger partial charge in [-0.2, -0.15) is 0 Å². The molecule has 5 heterocycles. The molecule has 2 aliphatic heterocycles. The van der Waals surface area contributed by atoms with Crippen LogP contribution in [0.25, 0.3) is 27.8 Å². The molecule has 13 nitrogen and oxygen atoms in total. The molecule has 0 unspecified atom stereocenters. The Labute approximate surface area is 317 Å². The number of carbonyl (C=O) groups is 1. The van der Waals surface area contributed by atoms with Gasteiger partial charge < -0.3 is 29.9 Å². The number of aliphatic hydroxyl groups is 1. The molecule has 2 aromatic carbocycles. The Morgan fingerprint density at radius 1 is 1.11 bits per heavy atom. The summed E-state index contributed by atoms with van der Waals surface area (Å²) >= 11 is 0. The summed E-state index contributed by atoms with van der Waals surface area (Å²) in [6, 6.07) is 12.5. The smallest absolute Gasteiger partial charge is 0.293 e. The molecule has 3 aromatic heterocycles. The van der Waals surface area contributed by atoms with E-state index in [1.54, 1.807) is 31.3 Å². The van der Waals surface area contributed by atoms with Crippen LogP contribution in [-0.2, 0) is 28.6 Å². The lowest BCUT2D eigenvalue weighted by Crippen LogP contribution is -2.59. The van der Waals surface area contributed by atoms with Crippen molar-refractivity contribution in [3.63, 3.8) is 0 Å². The van der Waals surface area contributed by atoms with Crippen LogP contribution in [0.2, 0.25) is 0 Å². The Kier molecular flexibility index (Phi) is 10.2. The van der Waals surface area contributed by atoms with Crippen LogP contribution in [0.1, 0.15) is 38.8 Å². The van der Waals surface area contributed by atoms with Crippen molar-refractivity contribution in [2.24, 2.45) is 7.05 Å². The molecule has 2 saturated heterocycles. The van der Waals surface area contributed by atoms with Gasteiger partial charge in [-0.05, 0) is 65.8 Å². The van der Waals surface area contributed by atoms with Crippen molar-refractivity contribution in [2.45, 2.75) is 51.8 Å². The third-order valence-corrected chi connectivity index (χ3v) is 10.4. The summed E-state index contributed by atoms with van der Waals surface area (Å²) in [6.45, 7) is 15.1. The summed E-state index contributed by atoms with van der Waals surface area (Å²) in [7, 11) is 1.58. The number of halogens is 1. The molecule has 0 saturated carbocycles. The Balaban J connectivity index is 1.23. The number of benzene rings is 2. The van der Waals surface area contributed by atoms with Gasteiger partial charge in [0, 0.05) is 68.1 Å². The molecule has 55 heavy (non-hydrogen) atoms. The number of hydrogen-bond donors (Lipinski definition) is 3. The highest BCUT2D eigenvalue weighted by Crippen LogP contribution is 2.34. The van der Waals surface area contributed by atoms with Crippen LogP contribution in [0.4, 0.5) is 27.3 Å². The third-order valence-electron chi connectivity index (χ3n) is 10.4. The summed E-state index contributed by atoms with van der Waals surface area (Å²) in [5.41, 5.74) is 2.24. The highest BCUT2D eigenvalue weighted by molar-refractivity contribution is 6.02. The molecule has 1 amide bonds. The maximum Gasteiger partial charge on any atom is 0.293 e. The molecule has 2 aliphatic rings. The average Bonchev–Trinajstić information content (AvgIpc) is 3.12. The van der Waals surface area contributed by atoms with E-state index in [0.717, 1.165) is 44.1 Å². The number of aliphatic hydroxyl groups excluding tert-OH is 1. The fourth-order valence-electron chi connectivity index (χ4n) is 7.22. The van der Waals surface area contributed by atoms with E-state index in [-0.39, 0.29) is 39.9 Å². The van der Waals surface area contributed by atoms with E-state index >= 15 is 4.39 Å². The number of carbonyl (C=O) groups excluding carboxylic acids is 1. The molecule has 286 valence electrons. The molecular formula is C41H45FN8O5. The number of aromatic nitrogens is 4. The van der Waals surface area contributed by atoms with Crippen LogP contribution in [0, 0.1) is 5.82 Å². The topological polar surface area (TPSA) is 147 Å². The second kappa shape index (κ2) is 14.9. The quantitative estimate of drug-likeness (QED) is 0.179. The minimum Gasteiger partial charge on any atom is -0.392 e. The zero-order valence-corrected chi connectivity index (χ0v) is 31.6. The van der Waals surface area contributed by atoms with Gasteiger partial charge in [0.05, 0.1) is 48.3 Å². The summed E-state index contributed by atoms with van der Waals surface area (Å²) < 4.78 is 23.5.